The Balaban J connectivity index is 0.00000243. The van der Waals surface area contributed by atoms with Gasteiger partial charge in [0.05, 0.1) is 4.90 Å². The first-order chi connectivity index (χ1) is 11.9. The van der Waals surface area contributed by atoms with E-state index in [1.807, 2.05) is 24.3 Å². The minimum Gasteiger partial charge on any atom is -0.399 e. The topological polar surface area (TPSA) is 66.6 Å². The van der Waals surface area contributed by atoms with Crippen LogP contribution in [0.15, 0.2) is 53.4 Å². The Hall–Kier alpha value is -1.67. The summed E-state index contributed by atoms with van der Waals surface area (Å²) in [6, 6.07) is 12.7. The van der Waals surface area contributed by atoms with Crippen molar-refractivity contribution in [2.75, 3.05) is 31.9 Å². The van der Waals surface area contributed by atoms with Gasteiger partial charge >= 0.3 is 0 Å². The molecule has 0 unspecified atom stereocenters. The second kappa shape index (κ2) is 8.81. The number of sulfonamides is 1. The van der Waals surface area contributed by atoms with Crippen LogP contribution < -0.4 is 5.73 Å². The number of nitrogens with two attached hydrogens (primary N) is 1. The van der Waals surface area contributed by atoms with Gasteiger partial charge in [0, 0.05) is 31.9 Å². The highest BCUT2D eigenvalue weighted by Crippen LogP contribution is 2.19. The van der Waals surface area contributed by atoms with Gasteiger partial charge in [-0.3, -0.25) is 4.90 Å². The van der Waals surface area contributed by atoms with Crippen LogP contribution in [0, 0.1) is 5.82 Å². The van der Waals surface area contributed by atoms with E-state index in [4.69, 9.17) is 5.73 Å². The summed E-state index contributed by atoms with van der Waals surface area (Å²) in [5.41, 5.74) is 7.67. The van der Waals surface area contributed by atoms with Crippen molar-refractivity contribution in [3.05, 3.63) is 59.9 Å². The van der Waals surface area contributed by atoms with Crippen LogP contribution in [-0.4, -0.2) is 43.8 Å². The van der Waals surface area contributed by atoms with E-state index in [1.54, 1.807) is 0 Å². The largest absolute Gasteiger partial charge is 0.399 e. The SMILES string of the molecule is Cl.Nc1cccc(CN2CCCN(S(=O)(=O)c3ccc(F)cc3)CC2)c1. The summed E-state index contributed by atoms with van der Waals surface area (Å²) in [6.45, 7) is 3.10. The average Bonchev–Trinajstić information content (AvgIpc) is 2.81. The molecule has 2 aromatic rings. The van der Waals surface area contributed by atoms with Gasteiger partial charge in [0.15, 0.2) is 0 Å². The number of halogens is 2. The predicted molar refractivity (Wildman–Crippen MR) is 103 cm³/mol. The Morgan fingerprint density at radius 1 is 1.00 bits per heavy atom. The molecule has 1 heterocycles. The van der Waals surface area contributed by atoms with E-state index in [-0.39, 0.29) is 17.3 Å². The summed E-state index contributed by atoms with van der Waals surface area (Å²) in [5, 5.41) is 0. The van der Waals surface area contributed by atoms with Crippen LogP contribution in [0.3, 0.4) is 0 Å². The number of benzene rings is 2. The van der Waals surface area contributed by atoms with Crippen molar-refractivity contribution in [2.24, 2.45) is 0 Å². The van der Waals surface area contributed by atoms with Crippen molar-refractivity contribution in [1.29, 1.82) is 0 Å². The molecule has 0 saturated carbocycles. The zero-order chi connectivity index (χ0) is 17.9. The van der Waals surface area contributed by atoms with Gasteiger partial charge in [-0.05, 0) is 54.9 Å². The van der Waals surface area contributed by atoms with Gasteiger partial charge in [-0.25, -0.2) is 12.8 Å². The molecule has 142 valence electrons. The number of nitrogens with zero attached hydrogens (tertiary/aromatic N) is 2. The fraction of sp³-hybridized carbons (Fsp3) is 0.333. The normalized spacial score (nSPS) is 16.7. The van der Waals surface area contributed by atoms with E-state index in [1.165, 1.54) is 28.6 Å². The highest BCUT2D eigenvalue weighted by atomic mass is 35.5. The number of anilines is 1. The lowest BCUT2D eigenvalue weighted by Crippen LogP contribution is -2.35. The van der Waals surface area contributed by atoms with E-state index in [0.29, 0.717) is 19.6 Å². The van der Waals surface area contributed by atoms with Crippen molar-refractivity contribution in [2.45, 2.75) is 17.9 Å². The third-order valence-electron chi connectivity index (χ3n) is 4.36. The summed E-state index contributed by atoms with van der Waals surface area (Å²) >= 11 is 0. The van der Waals surface area contributed by atoms with Crippen LogP contribution in [0.2, 0.25) is 0 Å². The van der Waals surface area contributed by atoms with Crippen molar-refractivity contribution < 1.29 is 12.8 Å². The smallest absolute Gasteiger partial charge is 0.243 e. The summed E-state index contributed by atoms with van der Waals surface area (Å²) < 4.78 is 40.0. The molecule has 0 aliphatic carbocycles. The predicted octanol–water partition coefficient (Wildman–Crippen LogP) is 2.73. The van der Waals surface area contributed by atoms with E-state index in [9.17, 15) is 12.8 Å². The molecule has 0 amide bonds. The molecule has 1 aliphatic rings. The Morgan fingerprint density at radius 3 is 2.42 bits per heavy atom. The minimum atomic E-state index is -3.59. The lowest BCUT2D eigenvalue weighted by molar-refractivity contribution is 0.278. The molecular formula is C18H23ClFN3O2S. The Morgan fingerprint density at radius 2 is 1.73 bits per heavy atom. The molecule has 2 N–H and O–H groups in total. The molecule has 0 spiro atoms. The summed E-state index contributed by atoms with van der Waals surface area (Å²) in [5.74, 6) is -0.442. The van der Waals surface area contributed by atoms with Crippen molar-refractivity contribution in [1.82, 2.24) is 9.21 Å². The molecule has 1 fully saturated rings. The molecule has 0 aromatic heterocycles. The second-order valence-corrected chi connectivity index (χ2v) is 8.17. The van der Waals surface area contributed by atoms with E-state index >= 15 is 0 Å². The maximum Gasteiger partial charge on any atom is 0.243 e. The molecule has 26 heavy (non-hydrogen) atoms. The average molecular weight is 400 g/mol. The van der Waals surface area contributed by atoms with Crippen LogP contribution in [0.25, 0.3) is 0 Å². The number of hydrogen-bond acceptors (Lipinski definition) is 4. The Kier molecular flexibility index (Phi) is 7.00. The molecule has 0 radical (unpaired) electrons. The van der Waals surface area contributed by atoms with Crippen LogP contribution in [0.4, 0.5) is 10.1 Å². The second-order valence-electron chi connectivity index (χ2n) is 6.23. The molecule has 2 aromatic carbocycles. The van der Waals surface area contributed by atoms with Crippen LogP contribution in [0.1, 0.15) is 12.0 Å². The van der Waals surface area contributed by atoms with Gasteiger partial charge in [-0.15, -0.1) is 12.4 Å². The molecule has 0 atom stereocenters. The van der Waals surface area contributed by atoms with Crippen LogP contribution in [0.5, 0.6) is 0 Å². The molecule has 0 bridgehead atoms. The number of hydrogen-bond donors (Lipinski definition) is 1. The monoisotopic (exact) mass is 399 g/mol. The van der Waals surface area contributed by atoms with Crippen molar-refractivity contribution in [3.8, 4) is 0 Å². The van der Waals surface area contributed by atoms with Gasteiger partial charge in [0.2, 0.25) is 10.0 Å². The first-order valence-electron chi connectivity index (χ1n) is 8.28. The molecular weight excluding hydrogens is 377 g/mol. The lowest BCUT2D eigenvalue weighted by atomic mass is 10.2. The van der Waals surface area contributed by atoms with Crippen LogP contribution in [-0.2, 0) is 16.6 Å². The molecule has 3 rings (SSSR count). The standard InChI is InChI=1S/C18H22FN3O2S.ClH/c19-16-5-7-18(8-6-16)25(23,24)22-10-2-9-21(11-12-22)14-15-3-1-4-17(20)13-15;/h1,3-8,13H,2,9-12,14,20H2;1H. The van der Waals surface area contributed by atoms with Crippen molar-refractivity contribution >= 4 is 28.1 Å². The summed E-state index contributed by atoms with van der Waals surface area (Å²) in [6.07, 6.45) is 0.753. The quantitative estimate of drug-likeness (QED) is 0.803. The van der Waals surface area contributed by atoms with Crippen molar-refractivity contribution in [3.63, 3.8) is 0 Å². The highest BCUT2D eigenvalue weighted by molar-refractivity contribution is 7.89. The maximum atomic E-state index is 13.0. The first-order valence-corrected chi connectivity index (χ1v) is 9.72. The van der Waals surface area contributed by atoms with Gasteiger partial charge in [0.25, 0.3) is 0 Å². The fourth-order valence-corrected chi connectivity index (χ4v) is 4.52. The summed E-state index contributed by atoms with van der Waals surface area (Å²) in [4.78, 5) is 2.37. The van der Waals surface area contributed by atoms with Crippen LogP contribution >= 0.6 is 12.4 Å². The molecule has 8 heteroatoms. The molecule has 5 nitrogen and oxygen atoms in total. The third kappa shape index (κ3) is 4.94. The maximum absolute atomic E-state index is 13.0. The Bertz CT molecular complexity index is 831. The summed E-state index contributed by atoms with van der Waals surface area (Å²) in [7, 11) is -3.59. The van der Waals surface area contributed by atoms with Gasteiger partial charge < -0.3 is 5.73 Å². The van der Waals surface area contributed by atoms with Gasteiger partial charge in [0.1, 0.15) is 5.82 Å². The minimum absolute atomic E-state index is 0. The number of rotatable bonds is 4. The molecule has 1 aliphatic heterocycles. The van der Waals surface area contributed by atoms with Gasteiger partial charge in [-0.2, -0.15) is 4.31 Å². The first kappa shape index (κ1) is 20.6. The Labute approximate surface area is 160 Å². The van der Waals surface area contributed by atoms with E-state index in [0.717, 1.165) is 30.8 Å². The van der Waals surface area contributed by atoms with E-state index < -0.39 is 15.8 Å². The number of nitrogen functional groups attached to an aromatic ring is 1. The lowest BCUT2D eigenvalue weighted by Gasteiger charge is -2.22. The van der Waals surface area contributed by atoms with Gasteiger partial charge in [-0.1, -0.05) is 12.1 Å². The zero-order valence-corrected chi connectivity index (χ0v) is 16.0. The third-order valence-corrected chi connectivity index (χ3v) is 6.27. The molecule has 1 saturated heterocycles. The fourth-order valence-electron chi connectivity index (χ4n) is 3.05. The zero-order valence-electron chi connectivity index (χ0n) is 14.3. The van der Waals surface area contributed by atoms with E-state index in [2.05, 4.69) is 4.90 Å². The highest BCUT2D eigenvalue weighted by Gasteiger charge is 2.26.